The lowest BCUT2D eigenvalue weighted by molar-refractivity contribution is -0.185. The van der Waals surface area contributed by atoms with E-state index < -0.39 is 11.8 Å². The average Bonchev–Trinajstić information content (AvgIpc) is 3.54. The number of hydrogen-bond acceptors (Lipinski definition) is 11. The molecule has 0 aliphatic carbocycles. The fourth-order valence-electron chi connectivity index (χ4n) is 5.06. The summed E-state index contributed by atoms with van der Waals surface area (Å²) in [6.07, 6.45) is 0.00264. The van der Waals surface area contributed by atoms with Crippen LogP contribution < -0.4 is 23.7 Å². The molecule has 10 nitrogen and oxygen atoms in total. The molecule has 1 unspecified atom stereocenters. The van der Waals surface area contributed by atoms with Gasteiger partial charge in [0.05, 0.1) is 37.6 Å². The van der Waals surface area contributed by atoms with Gasteiger partial charge in [-0.1, -0.05) is 6.07 Å². The van der Waals surface area contributed by atoms with Crippen LogP contribution in [0.1, 0.15) is 30.5 Å². The molecule has 11 heteroatoms. The van der Waals surface area contributed by atoms with Crippen molar-refractivity contribution in [3.63, 3.8) is 0 Å². The number of aromatic nitrogens is 2. The number of ether oxygens (including phenoxy) is 6. The van der Waals surface area contributed by atoms with Gasteiger partial charge < -0.3 is 33.5 Å². The smallest absolute Gasteiger partial charge is 0.342 e. The molecule has 0 radical (unpaired) electrons. The van der Waals surface area contributed by atoms with Crippen LogP contribution in [-0.2, 0) is 21.7 Å². The highest BCUT2D eigenvalue weighted by atomic mass is 32.1. The summed E-state index contributed by atoms with van der Waals surface area (Å²) >= 11 is 1.08. The average molecular weight is 577 g/mol. The van der Waals surface area contributed by atoms with Crippen molar-refractivity contribution in [2.75, 3.05) is 27.4 Å². The van der Waals surface area contributed by atoms with E-state index in [1.54, 1.807) is 62.8 Å². The zero-order chi connectivity index (χ0) is 28.7. The number of benzene rings is 3. The molecule has 0 saturated heterocycles. The summed E-state index contributed by atoms with van der Waals surface area (Å²) in [6, 6.07) is 13.9. The highest BCUT2D eigenvalue weighted by molar-refractivity contribution is 7.00. The van der Waals surface area contributed by atoms with E-state index in [0.29, 0.717) is 75.3 Å². The molecular weight excluding hydrogens is 548 g/mol. The van der Waals surface area contributed by atoms with Crippen LogP contribution >= 0.6 is 11.7 Å². The molecule has 41 heavy (non-hydrogen) atoms. The second-order valence-corrected chi connectivity index (χ2v) is 10.4. The summed E-state index contributed by atoms with van der Waals surface area (Å²) in [5.74, 6) is -0.374. The number of aliphatic hydroxyl groups is 1. The van der Waals surface area contributed by atoms with Crippen LogP contribution in [0.25, 0.3) is 16.6 Å². The van der Waals surface area contributed by atoms with Gasteiger partial charge in [0.2, 0.25) is 5.75 Å². The third-order valence-electron chi connectivity index (χ3n) is 6.89. The van der Waals surface area contributed by atoms with Crippen LogP contribution in [0.2, 0.25) is 0 Å². The molecule has 0 bridgehead atoms. The lowest BCUT2D eigenvalue weighted by Gasteiger charge is -2.28. The molecule has 1 atom stereocenters. The molecule has 3 aromatic carbocycles. The van der Waals surface area contributed by atoms with Gasteiger partial charge in [0.15, 0.2) is 23.0 Å². The first-order valence-electron chi connectivity index (χ1n) is 13.0. The van der Waals surface area contributed by atoms with Crippen molar-refractivity contribution in [1.29, 1.82) is 0 Å². The lowest BCUT2D eigenvalue weighted by Crippen LogP contribution is -2.30. The third kappa shape index (κ3) is 4.81. The van der Waals surface area contributed by atoms with E-state index in [2.05, 4.69) is 8.75 Å². The van der Waals surface area contributed by atoms with Gasteiger partial charge in [-0.3, -0.25) is 0 Å². The molecule has 3 heterocycles. The third-order valence-corrected chi connectivity index (χ3v) is 7.44. The van der Waals surface area contributed by atoms with Crippen molar-refractivity contribution in [1.82, 2.24) is 8.75 Å². The first kappa shape index (κ1) is 26.9. The molecule has 1 aromatic heterocycles. The number of nitrogens with zero attached hydrogens (tertiary/aromatic N) is 2. The van der Waals surface area contributed by atoms with Crippen molar-refractivity contribution < 1.29 is 38.3 Å². The van der Waals surface area contributed by atoms with Gasteiger partial charge in [0.25, 0.3) is 5.79 Å². The predicted molar refractivity (Wildman–Crippen MR) is 151 cm³/mol. The highest BCUT2D eigenvalue weighted by Gasteiger charge is 2.48. The zero-order valence-corrected chi connectivity index (χ0v) is 23.7. The Balaban J connectivity index is 1.52. The maximum atomic E-state index is 13.6. The highest BCUT2D eigenvalue weighted by Crippen LogP contribution is 2.48. The maximum Gasteiger partial charge on any atom is 0.342 e. The van der Waals surface area contributed by atoms with Gasteiger partial charge in [0, 0.05) is 17.6 Å². The van der Waals surface area contributed by atoms with E-state index in [-0.39, 0.29) is 18.1 Å². The summed E-state index contributed by atoms with van der Waals surface area (Å²) in [5.41, 5.74) is 3.51. The molecule has 2 aliphatic heterocycles. The number of carbonyl (C=O) groups is 1. The summed E-state index contributed by atoms with van der Waals surface area (Å²) in [7, 11) is 3.09. The standard InChI is InChI=1S/C30H28N2O8S/c1-16(2)39-28-25(35-3)12-17(13-26(28)36-4)11-20-27(18-5-7-21-22(14-18)32-41-31-21)29(33)40-30(20,34)19-6-8-23-24(15-19)38-10-9-37-23/h5-8,12-16,34H,9-11H2,1-4H3. The Labute approximate surface area is 240 Å². The minimum Gasteiger partial charge on any atom is -0.493 e. The number of esters is 1. The molecule has 0 saturated carbocycles. The van der Waals surface area contributed by atoms with Crippen LogP contribution in [-0.4, -0.2) is 53.4 Å². The molecule has 0 fully saturated rings. The van der Waals surface area contributed by atoms with E-state index in [4.69, 9.17) is 28.4 Å². The van der Waals surface area contributed by atoms with Gasteiger partial charge in [0.1, 0.15) is 24.2 Å². The van der Waals surface area contributed by atoms with Gasteiger partial charge in [-0.05, 0) is 67.4 Å². The van der Waals surface area contributed by atoms with Gasteiger partial charge in [-0.2, -0.15) is 8.75 Å². The number of hydrogen-bond donors (Lipinski definition) is 1. The van der Waals surface area contributed by atoms with Crippen LogP contribution in [0, 0.1) is 0 Å². The Bertz CT molecular complexity index is 1660. The monoisotopic (exact) mass is 576 g/mol. The molecule has 0 spiro atoms. The molecule has 4 aromatic rings. The van der Waals surface area contributed by atoms with Crippen LogP contribution in [0.15, 0.2) is 54.1 Å². The summed E-state index contributed by atoms with van der Waals surface area (Å²) in [5, 5.41) is 12.2. The molecule has 212 valence electrons. The SMILES string of the molecule is COc1cc(CC2=C(c3ccc4nsnc4c3)C(=O)OC2(O)c2ccc3c(c2)OCCO3)cc(OC)c1OC(C)C. The number of carbonyl (C=O) groups excluding carboxylic acids is 1. The Kier molecular flexibility index (Phi) is 6.92. The Morgan fingerprint density at radius 3 is 2.37 bits per heavy atom. The van der Waals surface area contributed by atoms with Crippen LogP contribution in [0.3, 0.4) is 0 Å². The van der Waals surface area contributed by atoms with E-state index >= 15 is 0 Å². The fraction of sp³-hybridized carbons (Fsp3) is 0.300. The zero-order valence-electron chi connectivity index (χ0n) is 22.9. The van der Waals surface area contributed by atoms with Crippen molar-refractivity contribution in [2.24, 2.45) is 0 Å². The summed E-state index contributed by atoms with van der Waals surface area (Å²) in [6.45, 7) is 4.62. The number of rotatable bonds is 8. The first-order valence-corrected chi connectivity index (χ1v) is 13.8. The molecule has 6 rings (SSSR count). The van der Waals surface area contributed by atoms with Gasteiger partial charge in [-0.25, -0.2) is 4.79 Å². The van der Waals surface area contributed by atoms with Gasteiger partial charge in [-0.15, -0.1) is 0 Å². The first-order chi connectivity index (χ1) is 19.8. The van der Waals surface area contributed by atoms with Crippen LogP contribution in [0.4, 0.5) is 0 Å². The van der Waals surface area contributed by atoms with Crippen molar-refractivity contribution in [3.05, 3.63) is 70.8 Å². The minimum atomic E-state index is -2.09. The fourth-order valence-corrected chi connectivity index (χ4v) is 5.57. The number of methoxy groups -OCH3 is 2. The maximum absolute atomic E-state index is 13.6. The van der Waals surface area contributed by atoms with E-state index in [1.165, 1.54) is 0 Å². The van der Waals surface area contributed by atoms with E-state index in [1.807, 2.05) is 13.8 Å². The second kappa shape index (κ2) is 10.6. The Morgan fingerprint density at radius 1 is 0.951 bits per heavy atom. The molecular formula is C30H28N2O8S. The Morgan fingerprint density at radius 2 is 1.66 bits per heavy atom. The minimum absolute atomic E-state index is 0.116. The summed E-state index contributed by atoms with van der Waals surface area (Å²) in [4.78, 5) is 13.6. The molecule has 2 aliphatic rings. The van der Waals surface area contributed by atoms with Crippen molar-refractivity contribution >= 4 is 34.3 Å². The second-order valence-electron chi connectivity index (χ2n) is 9.89. The van der Waals surface area contributed by atoms with Crippen LogP contribution in [0.5, 0.6) is 28.7 Å². The normalized spacial score (nSPS) is 18.1. The summed E-state index contributed by atoms with van der Waals surface area (Å²) < 4.78 is 43.0. The van der Waals surface area contributed by atoms with E-state index in [9.17, 15) is 9.90 Å². The Hall–Kier alpha value is -4.35. The molecule has 1 N–H and O–H groups in total. The van der Waals surface area contributed by atoms with Crippen molar-refractivity contribution in [3.8, 4) is 28.7 Å². The molecule has 0 amide bonds. The van der Waals surface area contributed by atoms with Crippen molar-refractivity contribution in [2.45, 2.75) is 32.2 Å². The quantitative estimate of drug-likeness (QED) is 0.297. The van der Waals surface area contributed by atoms with Gasteiger partial charge >= 0.3 is 5.97 Å². The number of fused-ring (bicyclic) bond motifs is 2. The van der Waals surface area contributed by atoms with E-state index in [0.717, 1.165) is 11.7 Å². The topological polar surface area (TPSA) is 118 Å². The largest absolute Gasteiger partial charge is 0.493 e. The number of cyclic esters (lactones) is 1. The lowest BCUT2D eigenvalue weighted by atomic mass is 9.87. The predicted octanol–water partition coefficient (Wildman–Crippen LogP) is 4.67.